The highest BCUT2D eigenvalue weighted by Crippen LogP contribution is 2.52. The zero-order valence-electron chi connectivity index (χ0n) is 16.1. The van der Waals surface area contributed by atoms with Crippen LogP contribution < -0.4 is 5.32 Å². The molecule has 2 aromatic rings. The molecule has 2 atom stereocenters. The van der Waals surface area contributed by atoms with Crippen LogP contribution in [0.1, 0.15) is 60.9 Å². The number of benzene rings is 1. The van der Waals surface area contributed by atoms with Crippen molar-refractivity contribution < 1.29 is 14.0 Å². The molecule has 5 heteroatoms. The van der Waals surface area contributed by atoms with Crippen molar-refractivity contribution >= 4 is 17.5 Å². The quantitative estimate of drug-likeness (QED) is 0.865. The van der Waals surface area contributed by atoms with Crippen LogP contribution in [0.3, 0.4) is 0 Å². The molecule has 1 aromatic carbocycles. The standard InChI is InChI=1S/C22H26N2O3/c1-21(2)11-17-12-22(3,13-21)14-24(17)20(26)15-6-8-16(9-7-15)23-19(25)18-5-4-10-27-18/h4-10,17H,11-14H2,1-3H3,(H,23,25). The van der Waals surface area contributed by atoms with Crippen molar-refractivity contribution in [1.82, 2.24) is 4.90 Å². The maximum absolute atomic E-state index is 13.1. The lowest BCUT2D eigenvalue weighted by Crippen LogP contribution is -2.37. The van der Waals surface area contributed by atoms with Crippen LogP contribution in [0.5, 0.6) is 0 Å². The molecule has 2 amide bonds. The molecule has 1 aromatic heterocycles. The van der Waals surface area contributed by atoms with E-state index >= 15 is 0 Å². The van der Waals surface area contributed by atoms with Crippen molar-refractivity contribution in [3.63, 3.8) is 0 Å². The van der Waals surface area contributed by atoms with Gasteiger partial charge in [0.05, 0.1) is 6.26 Å². The summed E-state index contributed by atoms with van der Waals surface area (Å²) in [5.74, 6) is 0.0447. The number of amides is 2. The Morgan fingerprint density at radius 3 is 2.52 bits per heavy atom. The van der Waals surface area contributed by atoms with Gasteiger partial charge in [-0.25, -0.2) is 0 Å². The number of hydrogen-bond acceptors (Lipinski definition) is 3. The Morgan fingerprint density at radius 1 is 1.11 bits per heavy atom. The van der Waals surface area contributed by atoms with Crippen molar-refractivity contribution in [2.75, 3.05) is 11.9 Å². The van der Waals surface area contributed by atoms with Crippen molar-refractivity contribution in [3.8, 4) is 0 Å². The van der Waals surface area contributed by atoms with Crippen LogP contribution in [-0.4, -0.2) is 29.3 Å². The number of carbonyl (C=O) groups is 2. The highest BCUT2D eigenvalue weighted by atomic mass is 16.3. The van der Waals surface area contributed by atoms with Crippen LogP contribution in [0.2, 0.25) is 0 Å². The van der Waals surface area contributed by atoms with Crippen LogP contribution >= 0.6 is 0 Å². The number of carbonyl (C=O) groups excluding carboxylic acids is 2. The fraction of sp³-hybridized carbons (Fsp3) is 0.455. The van der Waals surface area contributed by atoms with Gasteiger partial charge >= 0.3 is 0 Å². The normalized spacial score (nSPS) is 26.0. The van der Waals surface area contributed by atoms with E-state index in [2.05, 4.69) is 31.0 Å². The number of fused-ring (bicyclic) bond motifs is 2. The molecule has 2 aliphatic rings. The fourth-order valence-corrected chi connectivity index (χ4v) is 5.16. The Bertz CT molecular complexity index is 854. The van der Waals surface area contributed by atoms with Crippen LogP contribution in [0.25, 0.3) is 0 Å². The lowest BCUT2D eigenvalue weighted by atomic mass is 9.65. The van der Waals surface area contributed by atoms with Gasteiger partial charge in [-0.05, 0) is 66.5 Å². The maximum atomic E-state index is 13.1. The number of anilines is 1. The first-order valence-corrected chi connectivity index (χ1v) is 9.51. The van der Waals surface area contributed by atoms with Gasteiger partial charge in [0.2, 0.25) is 0 Å². The van der Waals surface area contributed by atoms with Crippen LogP contribution in [0.15, 0.2) is 47.1 Å². The van der Waals surface area contributed by atoms with Gasteiger partial charge in [-0.1, -0.05) is 20.8 Å². The summed E-state index contributed by atoms with van der Waals surface area (Å²) in [7, 11) is 0. The molecule has 1 N–H and O–H groups in total. The molecule has 27 heavy (non-hydrogen) atoms. The summed E-state index contributed by atoms with van der Waals surface area (Å²) < 4.78 is 5.09. The van der Waals surface area contributed by atoms with Crippen LogP contribution in [0.4, 0.5) is 5.69 Å². The summed E-state index contributed by atoms with van der Waals surface area (Å²) in [5, 5.41) is 2.78. The molecule has 1 saturated heterocycles. The van der Waals surface area contributed by atoms with E-state index in [1.54, 1.807) is 36.4 Å². The highest BCUT2D eigenvalue weighted by Gasteiger charge is 2.50. The SMILES string of the molecule is CC1(C)CC2CC(C)(CN2C(=O)c2ccc(NC(=O)c3ccco3)cc2)C1. The van der Waals surface area contributed by atoms with E-state index in [4.69, 9.17) is 4.42 Å². The molecule has 0 radical (unpaired) electrons. The summed E-state index contributed by atoms with van der Waals surface area (Å²) in [6, 6.07) is 10.7. The Kier molecular flexibility index (Phi) is 4.13. The molecular formula is C22H26N2O3. The average molecular weight is 366 g/mol. The van der Waals surface area contributed by atoms with Gasteiger partial charge in [-0.3, -0.25) is 9.59 Å². The molecule has 2 bridgehead atoms. The molecule has 0 spiro atoms. The monoisotopic (exact) mass is 366 g/mol. The minimum Gasteiger partial charge on any atom is -0.459 e. The topological polar surface area (TPSA) is 62.6 Å². The second kappa shape index (κ2) is 6.25. The molecule has 1 aliphatic heterocycles. The van der Waals surface area contributed by atoms with Crippen molar-refractivity contribution in [2.24, 2.45) is 10.8 Å². The van der Waals surface area contributed by atoms with Gasteiger partial charge in [0, 0.05) is 23.8 Å². The summed E-state index contributed by atoms with van der Waals surface area (Å²) in [6.45, 7) is 7.75. The fourth-order valence-electron chi connectivity index (χ4n) is 5.16. The summed E-state index contributed by atoms with van der Waals surface area (Å²) in [4.78, 5) is 27.2. The molecule has 142 valence electrons. The van der Waals surface area contributed by atoms with E-state index in [1.165, 1.54) is 6.26 Å². The Morgan fingerprint density at radius 2 is 1.85 bits per heavy atom. The number of rotatable bonds is 3. The van der Waals surface area contributed by atoms with E-state index in [0.717, 1.165) is 25.8 Å². The zero-order valence-corrected chi connectivity index (χ0v) is 16.1. The lowest BCUT2D eigenvalue weighted by molar-refractivity contribution is 0.0708. The van der Waals surface area contributed by atoms with Gasteiger partial charge in [-0.2, -0.15) is 0 Å². The van der Waals surface area contributed by atoms with Gasteiger partial charge in [0.25, 0.3) is 11.8 Å². The first-order valence-electron chi connectivity index (χ1n) is 9.51. The van der Waals surface area contributed by atoms with Crippen molar-refractivity contribution in [3.05, 3.63) is 54.0 Å². The third-order valence-corrected chi connectivity index (χ3v) is 5.81. The van der Waals surface area contributed by atoms with Gasteiger partial charge in [-0.15, -0.1) is 0 Å². The van der Waals surface area contributed by atoms with E-state index in [9.17, 15) is 9.59 Å². The number of furan rings is 1. The molecule has 1 aliphatic carbocycles. The predicted octanol–water partition coefficient (Wildman–Crippen LogP) is 4.57. The second-order valence-corrected chi connectivity index (χ2v) is 9.16. The van der Waals surface area contributed by atoms with Crippen LogP contribution in [-0.2, 0) is 0 Å². The smallest absolute Gasteiger partial charge is 0.291 e. The van der Waals surface area contributed by atoms with Gasteiger partial charge in [0.1, 0.15) is 0 Å². The van der Waals surface area contributed by atoms with Crippen LogP contribution in [0, 0.1) is 10.8 Å². The van der Waals surface area contributed by atoms with Gasteiger partial charge < -0.3 is 14.6 Å². The Hall–Kier alpha value is -2.56. The Labute approximate surface area is 159 Å². The summed E-state index contributed by atoms with van der Waals surface area (Å²) in [5.41, 5.74) is 1.81. The lowest BCUT2D eigenvalue weighted by Gasteiger charge is -2.39. The number of likely N-dealkylation sites (tertiary alicyclic amines) is 1. The van der Waals surface area contributed by atoms with Crippen molar-refractivity contribution in [2.45, 2.75) is 46.1 Å². The summed E-state index contributed by atoms with van der Waals surface area (Å²) >= 11 is 0. The average Bonchev–Trinajstić information content (AvgIpc) is 3.20. The minimum atomic E-state index is -0.303. The largest absolute Gasteiger partial charge is 0.459 e. The second-order valence-electron chi connectivity index (χ2n) is 9.16. The Balaban J connectivity index is 1.46. The summed E-state index contributed by atoms with van der Waals surface area (Å²) in [6.07, 6.45) is 4.79. The maximum Gasteiger partial charge on any atom is 0.291 e. The molecule has 2 unspecified atom stereocenters. The number of nitrogens with zero attached hydrogens (tertiary/aromatic N) is 1. The third kappa shape index (κ3) is 3.51. The molecule has 4 rings (SSSR count). The highest BCUT2D eigenvalue weighted by molar-refractivity contribution is 6.02. The van der Waals surface area contributed by atoms with E-state index in [1.807, 2.05) is 0 Å². The number of nitrogens with one attached hydrogen (secondary N) is 1. The first-order chi connectivity index (χ1) is 12.7. The molecule has 5 nitrogen and oxygen atoms in total. The molecule has 2 heterocycles. The van der Waals surface area contributed by atoms with E-state index < -0.39 is 0 Å². The predicted molar refractivity (Wildman–Crippen MR) is 104 cm³/mol. The van der Waals surface area contributed by atoms with E-state index in [0.29, 0.717) is 17.3 Å². The van der Waals surface area contributed by atoms with Crippen molar-refractivity contribution in [1.29, 1.82) is 0 Å². The molecule has 1 saturated carbocycles. The third-order valence-electron chi connectivity index (χ3n) is 5.81. The zero-order chi connectivity index (χ0) is 19.2. The molecule has 2 fully saturated rings. The number of hydrogen-bond donors (Lipinski definition) is 1. The first kappa shape index (κ1) is 17.8. The van der Waals surface area contributed by atoms with E-state index in [-0.39, 0.29) is 28.4 Å². The van der Waals surface area contributed by atoms with Gasteiger partial charge in [0.15, 0.2) is 5.76 Å². The minimum absolute atomic E-state index is 0.0883. The molecular weight excluding hydrogens is 340 g/mol.